The van der Waals surface area contributed by atoms with E-state index in [1.165, 1.54) is 0 Å². The Morgan fingerprint density at radius 3 is 2.94 bits per heavy atom. The van der Waals surface area contributed by atoms with Gasteiger partial charge in [-0.15, -0.1) is 0 Å². The lowest BCUT2D eigenvalue weighted by molar-refractivity contribution is 0.343. The Bertz CT molecular complexity index is 536. The van der Waals surface area contributed by atoms with Gasteiger partial charge in [-0.25, -0.2) is 0 Å². The molecule has 1 aliphatic carbocycles. The summed E-state index contributed by atoms with van der Waals surface area (Å²) in [5, 5.41) is 3.97. The van der Waals surface area contributed by atoms with Gasteiger partial charge in [0.05, 0.1) is 6.04 Å². The Hall–Kier alpha value is -1.20. The summed E-state index contributed by atoms with van der Waals surface area (Å²) in [5.41, 5.74) is 6.94. The molecule has 1 heterocycles. The predicted octanol–water partition coefficient (Wildman–Crippen LogP) is 2.91. The molecule has 0 amide bonds. The molecule has 0 saturated heterocycles. The van der Waals surface area contributed by atoms with E-state index in [0.717, 1.165) is 22.9 Å². The monoisotopic (exact) mass is 293 g/mol. The van der Waals surface area contributed by atoms with Crippen LogP contribution in [0, 0.1) is 5.92 Å². The molecule has 1 saturated carbocycles. The molecule has 0 aliphatic heterocycles. The number of nitrogens with zero attached hydrogens (tertiary/aromatic N) is 2. The fourth-order valence-corrected chi connectivity index (χ4v) is 2.17. The number of aromatic nitrogens is 2. The van der Waals surface area contributed by atoms with Crippen molar-refractivity contribution in [2.75, 3.05) is 0 Å². The van der Waals surface area contributed by atoms with Crippen molar-refractivity contribution in [3.8, 4) is 11.4 Å². The third-order valence-electron chi connectivity index (χ3n) is 2.94. The molecule has 1 aromatic carbocycles. The molecule has 1 atom stereocenters. The summed E-state index contributed by atoms with van der Waals surface area (Å²) in [6, 6.07) is 7.69. The van der Waals surface area contributed by atoms with Gasteiger partial charge in [-0.05, 0) is 30.9 Å². The molecule has 4 nitrogen and oxygen atoms in total. The molecule has 0 radical (unpaired) electrons. The topological polar surface area (TPSA) is 64.9 Å². The van der Waals surface area contributed by atoms with Crippen LogP contribution in [0.25, 0.3) is 11.4 Å². The summed E-state index contributed by atoms with van der Waals surface area (Å²) in [7, 11) is 0. The van der Waals surface area contributed by atoms with Crippen LogP contribution in [-0.2, 0) is 0 Å². The molecule has 3 rings (SSSR count). The van der Waals surface area contributed by atoms with E-state index in [1.54, 1.807) is 0 Å². The second-order valence-electron chi connectivity index (χ2n) is 4.33. The van der Waals surface area contributed by atoms with Gasteiger partial charge < -0.3 is 10.3 Å². The van der Waals surface area contributed by atoms with Crippen LogP contribution in [0.4, 0.5) is 0 Å². The Morgan fingerprint density at radius 1 is 1.41 bits per heavy atom. The Labute approximate surface area is 107 Å². The average molecular weight is 294 g/mol. The van der Waals surface area contributed by atoms with Gasteiger partial charge in [0, 0.05) is 10.0 Å². The fraction of sp³-hybridized carbons (Fsp3) is 0.333. The third kappa shape index (κ3) is 2.25. The zero-order chi connectivity index (χ0) is 11.8. The van der Waals surface area contributed by atoms with Crippen molar-refractivity contribution in [1.82, 2.24) is 10.1 Å². The highest BCUT2D eigenvalue weighted by atomic mass is 79.9. The van der Waals surface area contributed by atoms with Crippen molar-refractivity contribution >= 4 is 15.9 Å². The Morgan fingerprint density at radius 2 is 2.24 bits per heavy atom. The molecule has 5 heteroatoms. The van der Waals surface area contributed by atoms with Crippen LogP contribution in [0.5, 0.6) is 0 Å². The molecule has 2 N–H and O–H groups in total. The fourth-order valence-electron chi connectivity index (χ4n) is 1.77. The molecule has 1 aromatic heterocycles. The molecular formula is C12H12BrN3O. The minimum absolute atomic E-state index is 0.108. The van der Waals surface area contributed by atoms with Crippen molar-refractivity contribution in [1.29, 1.82) is 0 Å². The molecule has 2 aromatic rings. The van der Waals surface area contributed by atoms with Gasteiger partial charge in [-0.2, -0.15) is 4.98 Å². The minimum atomic E-state index is -0.108. The van der Waals surface area contributed by atoms with Crippen molar-refractivity contribution in [3.63, 3.8) is 0 Å². The first-order valence-corrected chi connectivity index (χ1v) is 6.38. The van der Waals surface area contributed by atoms with Gasteiger partial charge in [0.15, 0.2) is 0 Å². The Kier molecular flexibility index (Phi) is 2.72. The highest BCUT2D eigenvalue weighted by Gasteiger charge is 2.33. The van der Waals surface area contributed by atoms with Crippen LogP contribution in [0.3, 0.4) is 0 Å². The largest absolute Gasteiger partial charge is 0.337 e. The van der Waals surface area contributed by atoms with Crippen molar-refractivity contribution in [2.24, 2.45) is 11.7 Å². The maximum Gasteiger partial charge on any atom is 0.244 e. The number of hydrogen-bond donors (Lipinski definition) is 1. The summed E-state index contributed by atoms with van der Waals surface area (Å²) in [6.45, 7) is 0. The van der Waals surface area contributed by atoms with E-state index in [-0.39, 0.29) is 6.04 Å². The highest BCUT2D eigenvalue weighted by Crippen LogP contribution is 2.39. The SMILES string of the molecule is NC(c1nc(-c2cccc(Br)c2)no1)C1CC1. The number of nitrogens with two attached hydrogens (primary N) is 1. The first-order chi connectivity index (χ1) is 8.24. The zero-order valence-electron chi connectivity index (χ0n) is 9.14. The predicted molar refractivity (Wildman–Crippen MR) is 67.1 cm³/mol. The summed E-state index contributed by atoms with van der Waals surface area (Å²) in [5.74, 6) is 1.66. The van der Waals surface area contributed by atoms with Crippen molar-refractivity contribution in [2.45, 2.75) is 18.9 Å². The van der Waals surface area contributed by atoms with Gasteiger partial charge in [0.2, 0.25) is 11.7 Å². The molecule has 1 unspecified atom stereocenters. The van der Waals surface area contributed by atoms with E-state index in [1.807, 2.05) is 24.3 Å². The number of hydrogen-bond acceptors (Lipinski definition) is 4. The van der Waals surface area contributed by atoms with Crippen LogP contribution in [0.15, 0.2) is 33.3 Å². The summed E-state index contributed by atoms with van der Waals surface area (Å²) >= 11 is 3.42. The van der Waals surface area contributed by atoms with Crippen LogP contribution >= 0.6 is 15.9 Å². The van der Waals surface area contributed by atoms with E-state index >= 15 is 0 Å². The maximum absolute atomic E-state index is 6.02. The van der Waals surface area contributed by atoms with Gasteiger partial charge in [-0.1, -0.05) is 33.2 Å². The smallest absolute Gasteiger partial charge is 0.244 e. The lowest BCUT2D eigenvalue weighted by atomic mass is 10.2. The molecule has 0 bridgehead atoms. The standard InChI is InChI=1S/C12H12BrN3O/c13-9-3-1-2-8(6-9)11-15-12(17-16-11)10(14)7-4-5-7/h1-3,6-7,10H,4-5,14H2. The number of benzene rings is 1. The van der Waals surface area contributed by atoms with E-state index in [2.05, 4.69) is 26.1 Å². The third-order valence-corrected chi connectivity index (χ3v) is 3.43. The van der Waals surface area contributed by atoms with E-state index in [9.17, 15) is 0 Å². The van der Waals surface area contributed by atoms with Crippen LogP contribution in [0.2, 0.25) is 0 Å². The quantitative estimate of drug-likeness (QED) is 0.945. The first kappa shape index (κ1) is 10.9. The Balaban J connectivity index is 1.89. The molecule has 17 heavy (non-hydrogen) atoms. The zero-order valence-corrected chi connectivity index (χ0v) is 10.7. The molecular weight excluding hydrogens is 282 g/mol. The lowest BCUT2D eigenvalue weighted by Gasteiger charge is -2.01. The summed E-state index contributed by atoms with van der Waals surface area (Å²) in [6.07, 6.45) is 2.32. The normalized spacial score (nSPS) is 17.1. The van der Waals surface area contributed by atoms with Gasteiger partial charge in [-0.3, -0.25) is 0 Å². The second-order valence-corrected chi connectivity index (χ2v) is 5.25. The molecule has 1 aliphatic rings. The maximum atomic E-state index is 6.02. The van der Waals surface area contributed by atoms with Crippen LogP contribution in [-0.4, -0.2) is 10.1 Å². The number of rotatable bonds is 3. The highest BCUT2D eigenvalue weighted by molar-refractivity contribution is 9.10. The van der Waals surface area contributed by atoms with Crippen LogP contribution < -0.4 is 5.73 Å². The second kappa shape index (κ2) is 4.23. The van der Waals surface area contributed by atoms with Gasteiger partial charge in [0.25, 0.3) is 0 Å². The first-order valence-electron chi connectivity index (χ1n) is 5.59. The minimum Gasteiger partial charge on any atom is -0.337 e. The van der Waals surface area contributed by atoms with Gasteiger partial charge in [0.1, 0.15) is 0 Å². The van der Waals surface area contributed by atoms with Gasteiger partial charge >= 0.3 is 0 Å². The van der Waals surface area contributed by atoms with E-state index in [4.69, 9.17) is 10.3 Å². The lowest BCUT2D eigenvalue weighted by Crippen LogP contribution is -2.12. The van der Waals surface area contributed by atoms with Crippen LogP contribution in [0.1, 0.15) is 24.8 Å². The molecule has 0 spiro atoms. The summed E-state index contributed by atoms with van der Waals surface area (Å²) in [4.78, 5) is 4.36. The number of halogens is 1. The summed E-state index contributed by atoms with van der Waals surface area (Å²) < 4.78 is 6.21. The molecule has 1 fully saturated rings. The van der Waals surface area contributed by atoms with E-state index in [0.29, 0.717) is 17.6 Å². The van der Waals surface area contributed by atoms with Crippen molar-refractivity contribution in [3.05, 3.63) is 34.6 Å². The molecule has 88 valence electrons. The van der Waals surface area contributed by atoms with E-state index < -0.39 is 0 Å². The van der Waals surface area contributed by atoms with Crippen molar-refractivity contribution < 1.29 is 4.52 Å². The average Bonchev–Trinajstić information content (AvgIpc) is 3.05.